The molecule has 0 aliphatic rings. The second kappa shape index (κ2) is 9.37. The fraction of sp³-hybridized carbons (Fsp3) is 1.00. The van der Waals surface area contributed by atoms with Crippen LogP contribution in [0.1, 0.15) is 12.8 Å². The maximum atomic E-state index is 8.09. The SMILES string of the molecule is OCCCCO.[B]. The zero-order valence-corrected chi connectivity index (χ0v) is 4.30. The Hall–Kier alpha value is -0.0151. The molecule has 7 heavy (non-hydrogen) atoms. The lowest BCUT2D eigenvalue weighted by Gasteiger charge is -1.85. The van der Waals surface area contributed by atoms with E-state index in [4.69, 9.17) is 10.2 Å². The summed E-state index contributed by atoms with van der Waals surface area (Å²) < 4.78 is 0. The van der Waals surface area contributed by atoms with Gasteiger partial charge in [-0.05, 0) is 12.8 Å². The number of aliphatic hydroxyl groups is 2. The van der Waals surface area contributed by atoms with Crippen LogP contribution in [-0.4, -0.2) is 31.8 Å². The third-order valence-electron chi connectivity index (χ3n) is 0.566. The first kappa shape index (κ1) is 10.1. The highest BCUT2D eigenvalue weighted by Gasteiger charge is 1.77. The number of hydrogen-bond acceptors (Lipinski definition) is 2. The Morgan fingerprint density at radius 1 is 0.857 bits per heavy atom. The molecule has 0 spiro atoms. The van der Waals surface area contributed by atoms with E-state index in [1.165, 1.54) is 0 Å². The zero-order valence-electron chi connectivity index (χ0n) is 4.30. The summed E-state index contributed by atoms with van der Waals surface area (Å²) >= 11 is 0. The fourth-order valence-electron chi connectivity index (χ4n) is 0.224. The van der Waals surface area contributed by atoms with E-state index in [-0.39, 0.29) is 21.6 Å². The van der Waals surface area contributed by atoms with Gasteiger partial charge in [0.25, 0.3) is 0 Å². The predicted molar refractivity (Wildman–Crippen MR) is 29.2 cm³/mol. The van der Waals surface area contributed by atoms with Crippen LogP contribution in [0.25, 0.3) is 0 Å². The molecule has 0 aliphatic heterocycles. The molecule has 0 aromatic carbocycles. The van der Waals surface area contributed by atoms with Crippen molar-refractivity contribution in [2.24, 2.45) is 0 Å². The van der Waals surface area contributed by atoms with Gasteiger partial charge in [-0.15, -0.1) is 0 Å². The molecule has 3 radical (unpaired) electrons. The van der Waals surface area contributed by atoms with E-state index in [0.717, 1.165) is 12.8 Å². The van der Waals surface area contributed by atoms with Gasteiger partial charge in [0, 0.05) is 21.6 Å². The van der Waals surface area contributed by atoms with E-state index in [0.29, 0.717) is 0 Å². The van der Waals surface area contributed by atoms with Gasteiger partial charge in [-0.2, -0.15) is 0 Å². The van der Waals surface area contributed by atoms with Crippen LogP contribution in [0.2, 0.25) is 0 Å². The van der Waals surface area contributed by atoms with Crippen molar-refractivity contribution in [2.75, 3.05) is 13.2 Å². The molecule has 0 fully saturated rings. The van der Waals surface area contributed by atoms with Crippen LogP contribution in [0.3, 0.4) is 0 Å². The van der Waals surface area contributed by atoms with Gasteiger partial charge in [0.15, 0.2) is 0 Å². The summed E-state index contributed by atoms with van der Waals surface area (Å²) in [5, 5.41) is 16.2. The topological polar surface area (TPSA) is 40.5 Å². The molecular weight excluding hydrogens is 90.9 g/mol. The van der Waals surface area contributed by atoms with E-state index in [1.807, 2.05) is 0 Å². The summed E-state index contributed by atoms with van der Waals surface area (Å²) in [6.07, 6.45) is 1.44. The molecule has 0 saturated carbocycles. The van der Waals surface area contributed by atoms with Gasteiger partial charge in [0.05, 0.1) is 0 Å². The molecule has 0 unspecified atom stereocenters. The molecule has 0 rings (SSSR count). The standard InChI is InChI=1S/C4H10O2.B/c5-3-1-2-4-6;/h5-6H,1-4H2;. The number of rotatable bonds is 3. The number of hydrogen-bond donors (Lipinski definition) is 2. The fourth-order valence-corrected chi connectivity index (χ4v) is 0.224. The van der Waals surface area contributed by atoms with Crippen molar-refractivity contribution in [3.05, 3.63) is 0 Å². The summed E-state index contributed by atoms with van der Waals surface area (Å²) in [5.41, 5.74) is 0. The molecule has 0 bridgehead atoms. The van der Waals surface area contributed by atoms with E-state index in [1.54, 1.807) is 0 Å². The van der Waals surface area contributed by atoms with Crippen molar-refractivity contribution >= 4 is 8.41 Å². The quantitative estimate of drug-likeness (QED) is 0.367. The Kier molecular flexibility index (Phi) is 13.5. The van der Waals surface area contributed by atoms with Crippen LogP contribution in [0.4, 0.5) is 0 Å². The van der Waals surface area contributed by atoms with Crippen molar-refractivity contribution < 1.29 is 10.2 Å². The van der Waals surface area contributed by atoms with Crippen LogP contribution < -0.4 is 0 Å². The lowest BCUT2D eigenvalue weighted by molar-refractivity contribution is 0.242. The highest BCUT2D eigenvalue weighted by Crippen LogP contribution is 1.80. The molecule has 0 atom stereocenters. The van der Waals surface area contributed by atoms with Crippen LogP contribution in [-0.2, 0) is 0 Å². The average molecular weight is 101 g/mol. The third-order valence-corrected chi connectivity index (χ3v) is 0.566. The Morgan fingerprint density at radius 3 is 1.29 bits per heavy atom. The summed E-state index contributed by atoms with van der Waals surface area (Å²) in [6, 6.07) is 0. The number of unbranched alkanes of at least 4 members (excludes halogenated alkanes) is 1. The van der Waals surface area contributed by atoms with Crippen molar-refractivity contribution in [3.8, 4) is 0 Å². The first-order valence-electron chi connectivity index (χ1n) is 2.13. The first-order valence-corrected chi connectivity index (χ1v) is 2.13. The lowest BCUT2D eigenvalue weighted by Crippen LogP contribution is -1.85. The van der Waals surface area contributed by atoms with Crippen LogP contribution in [0.15, 0.2) is 0 Å². The van der Waals surface area contributed by atoms with Crippen molar-refractivity contribution in [3.63, 3.8) is 0 Å². The first-order chi connectivity index (χ1) is 2.91. The van der Waals surface area contributed by atoms with Gasteiger partial charge in [0.1, 0.15) is 0 Å². The molecular formula is C4H10BO2. The van der Waals surface area contributed by atoms with Gasteiger partial charge >= 0.3 is 0 Å². The minimum absolute atomic E-state index is 0. The molecule has 2 nitrogen and oxygen atoms in total. The Labute approximate surface area is 45.7 Å². The second-order valence-corrected chi connectivity index (χ2v) is 1.15. The molecule has 0 saturated heterocycles. The zero-order chi connectivity index (χ0) is 4.83. The minimum Gasteiger partial charge on any atom is -0.396 e. The van der Waals surface area contributed by atoms with Gasteiger partial charge < -0.3 is 10.2 Å². The van der Waals surface area contributed by atoms with Gasteiger partial charge in [-0.3, -0.25) is 0 Å². The third kappa shape index (κ3) is 10.7. The van der Waals surface area contributed by atoms with Crippen LogP contribution >= 0.6 is 0 Å². The molecule has 0 aliphatic carbocycles. The maximum Gasteiger partial charge on any atom is 0.0431 e. The number of aliphatic hydroxyl groups excluding tert-OH is 2. The molecule has 2 N–H and O–H groups in total. The molecule has 0 aromatic heterocycles. The highest BCUT2D eigenvalue weighted by molar-refractivity contribution is 5.75. The van der Waals surface area contributed by atoms with Crippen LogP contribution in [0, 0.1) is 0 Å². The second-order valence-electron chi connectivity index (χ2n) is 1.15. The van der Waals surface area contributed by atoms with Crippen molar-refractivity contribution in [2.45, 2.75) is 12.8 Å². The van der Waals surface area contributed by atoms with E-state index >= 15 is 0 Å². The summed E-state index contributed by atoms with van der Waals surface area (Å²) in [4.78, 5) is 0. The van der Waals surface area contributed by atoms with Crippen molar-refractivity contribution in [1.29, 1.82) is 0 Å². The monoisotopic (exact) mass is 101 g/mol. The smallest absolute Gasteiger partial charge is 0.0431 e. The van der Waals surface area contributed by atoms with E-state index in [2.05, 4.69) is 0 Å². The maximum absolute atomic E-state index is 8.09. The summed E-state index contributed by atoms with van der Waals surface area (Å²) in [7, 11) is 0. The molecule has 3 heteroatoms. The lowest BCUT2D eigenvalue weighted by atomic mass is 10.3. The van der Waals surface area contributed by atoms with Crippen molar-refractivity contribution in [1.82, 2.24) is 0 Å². The molecule has 0 aromatic rings. The van der Waals surface area contributed by atoms with Gasteiger partial charge in [-0.1, -0.05) is 0 Å². The Morgan fingerprint density at radius 2 is 1.14 bits per heavy atom. The average Bonchev–Trinajstić information content (AvgIpc) is 1.61. The molecule has 0 heterocycles. The largest absolute Gasteiger partial charge is 0.396 e. The van der Waals surface area contributed by atoms with Gasteiger partial charge in [-0.25, -0.2) is 0 Å². The molecule has 41 valence electrons. The summed E-state index contributed by atoms with van der Waals surface area (Å²) in [5.74, 6) is 0. The van der Waals surface area contributed by atoms with E-state index < -0.39 is 0 Å². The Balaban J connectivity index is 0. The summed E-state index contributed by atoms with van der Waals surface area (Å²) in [6.45, 7) is 0.390. The van der Waals surface area contributed by atoms with Gasteiger partial charge in [0.2, 0.25) is 0 Å². The predicted octanol–water partition coefficient (Wildman–Crippen LogP) is -0.630. The van der Waals surface area contributed by atoms with E-state index in [9.17, 15) is 0 Å². The highest BCUT2D eigenvalue weighted by atomic mass is 16.3. The normalized spacial score (nSPS) is 7.71. The molecule has 0 amide bonds. The minimum atomic E-state index is 0. The Bertz CT molecular complexity index is 21.7. The van der Waals surface area contributed by atoms with Crippen LogP contribution in [0.5, 0.6) is 0 Å².